The van der Waals surface area contributed by atoms with Crippen molar-refractivity contribution in [2.24, 2.45) is 0 Å². The minimum absolute atomic E-state index is 0.00409. The topological polar surface area (TPSA) is 66.5 Å². The molecule has 1 heterocycles. The Bertz CT molecular complexity index is 913. The fourth-order valence-electron chi connectivity index (χ4n) is 3.27. The van der Waals surface area contributed by atoms with Crippen LogP contribution < -0.4 is 5.32 Å². The zero-order valence-electron chi connectivity index (χ0n) is 15.2. The predicted octanol–water partition coefficient (Wildman–Crippen LogP) is 3.83. The van der Waals surface area contributed by atoms with Gasteiger partial charge in [0.05, 0.1) is 4.90 Å². The van der Waals surface area contributed by atoms with Gasteiger partial charge in [-0.05, 0) is 61.7 Å². The number of nitrogens with zero attached hydrogens (tertiary/aromatic N) is 1. The van der Waals surface area contributed by atoms with Gasteiger partial charge in [-0.1, -0.05) is 30.2 Å². The van der Waals surface area contributed by atoms with Crippen molar-refractivity contribution in [2.45, 2.75) is 43.7 Å². The van der Waals surface area contributed by atoms with Gasteiger partial charge in [-0.2, -0.15) is 4.31 Å². The molecule has 2 aromatic carbocycles. The molecule has 1 saturated heterocycles. The average molecular weight is 407 g/mol. The molecule has 1 amide bonds. The summed E-state index contributed by atoms with van der Waals surface area (Å²) in [6.07, 6.45) is 2.82. The molecule has 1 aliphatic rings. The minimum Gasteiger partial charge on any atom is -0.348 e. The van der Waals surface area contributed by atoms with Gasteiger partial charge in [-0.3, -0.25) is 4.79 Å². The minimum atomic E-state index is -3.53. The van der Waals surface area contributed by atoms with Crippen molar-refractivity contribution in [3.63, 3.8) is 0 Å². The van der Waals surface area contributed by atoms with E-state index in [1.54, 1.807) is 28.6 Å². The maximum Gasteiger partial charge on any atom is 0.251 e. The number of nitrogens with one attached hydrogen (secondary N) is 1. The molecule has 0 saturated carbocycles. The van der Waals surface area contributed by atoms with Crippen LogP contribution in [0.5, 0.6) is 0 Å². The average Bonchev–Trinajstić information content (AvgIpc) is 2.66. The molecule has 0 spiro atoms. The molecule has 1 N–H and O–H groups in total. The molecule has 1 aliphatic heterocycles. The van der Waals surface area contributed by atoms with Crippen LogP contribution in [0.1, 0.15) is 42.1 Å². The molecule has 0 radical (unpaired) electrons. The third-order valence-electron chi connectivity index (χ3n) is 4.81. The van der Waals surface area contributed by atoms with Crippen LogP contribution in [0.2, 0.25) is 5.02 Å². The van der Waals surface area contributed by atoms with Crippen molar-refractivity contribution in [1.82, 2.24) is 9.62 Å². The van der Waals surface area contributed by atoms with Crippen LogP contribution in [0.15, 0.2) is 53.4 Å². The van der Waals surface area contributed by atoms with E-state index in [9.17, 15) is 13.2 Å². The van der Waals surface area contributed by atoms with Crippen molar-refractivity contribution in [3.05, 3.63) is 64.7 Å². The summed E-state index contributed by atoms with van der Waals surface area (Å²) >= 11 is 5.94. The maximum absolute atomic E-state index is 12.8. The summed E-state index contributed by atoms with van der Waals surface area (Å²) in [4.78, 5) is 12.5. The monoisotopic (exact) mass is 406 g/mol. The van der Waals surface area contributed by atoms with E-state index in [4.69, 9.17) is 11.6 Å². The van der Waals surface area contributed by atoms with E-state index in [0.29, 0.717) is 23.7 Å². The van der Waals surface area contributed by atoms with Gasteiger partial charge in [0.15, 0.2) is 0 Å². The normalized spacial score (nSPS) is 18.2. The number of carbonyl (C=O) groups excluding carboxylic acids is 1. The molecule has 7 heteroatoms. The SMILES string of the molecule is C[C@@H]1CCCCN1S(=O)(=O)c1ccc(C(=O)NCc2cccc(Cl)c2)cc1. The second-order valence-electron chi connectivity index (χ2n) is 6.80. The highest BCUT2D eigenvalue weighted by molar-refractivity contribution is 7.89. The van der Waals surface area contributed by atoms with Crippen LogP contribution in [0, 0.1) is 0 Å². The first-order valence-corrected chi connectivity index (χ1v) is 10.8. The van der Waals surface area contributed by atoms with Gasteiger partial charge in [0.1, 0.15) is 0 Å². The molecule has 1 atom stereocenters. The second kappa shape index (κ2) is 8.42. The molecule has 0 unspecified atom stereocenters. The number of carbonyl (C=O) groups is 1. The van der Waals surface area contributed by atoms with Crippen LogP contribution >= 0.6 is 11.6 Å². The fraction of sp³-hybridized carbons (Fsp3) is 0.350. The van der Waals surface area contributed by atoms with Gasteiger partial charge in [0.25, 0.3) is 5.91 Å². The molecule has 27 heavy (non-hydrogen) atoms. The summed E-state index contributed by atoms with van der Waals surface area (Å²) in [6, 6.07) is 13.4. The number of amides is 1. The van der Waals surface area contributed by atoms with Gasteiger partial charge >= 0.3 is 0 Å². The second-order valence-corrected chi connectivity index (χ2v) is 9.12. The molecule has 3 rings (SSSR count). The van der Waals surface area contributed by atoms with Crippen LogP contribution in [-0.4, -0.2) is 31.2 Å². The van der Waals surface area contributed by atoms with Crippen molar-refractivity contribution < 1.29 is 13.2 Å². The van der Waals surface area contributed by atoms with E-state index in [-0.39, 0.29) is 16.8 Å². The predicted molar refractivity (Wildman–Crippen MR) is 106 cm³/mol. The Morgan fingerprint density at radius 2 is 1.93 bits per heavy atom. The highest BCUT2D eigenvalue weighted by atomic mass is 35.5. The number of hydrogen-bond acceptors (Lipinski definition) is 3. The van der Waals surface area contributed by atoms with Crippen molar-refractivity contribution in [3.8, 4) is 0 Å². The van der Waals surface area contributed by atoms with Gasteiger partial charge in [-0.15, -0.1) is 0 Å². The number of hydrogen-bond donors (Lipinski definition) is 1. The van der Waals surface area contributed by atoms with E-state index in [1.165, 1.54) is 12.1 Å². The Hall–Kier alpha value is -1.89. The van der Waals surface area contributed by atoms with Gasteiger partial charge in [0, 0.05) is 29.7 Å². The summed E-state index contributed by atoms with van der Waals surface area (Å²) in [5.74, 6) is -0.259. The van der Waals surface area contributed by atoms with E-state index in [0.717, 1.165) is 24.8 Å². The first-order chi connectivity index (χ1) is 12.9. The smallest absolute Gasteiger partial charge is 0.251 e. The first-order valence-electron chi connectivity index (χ1n) is 9.02. The number of piperidine rings is 1. The van der Waals surface area contributed by atoms with Gasteiger partial charge in [-0.25, -0.2) is 8.42 Å². The van der Waals surface area contributed by atoms with Crippen molar-refractivity contribution in [2.75, 3.05) is 6.54 Å². The highest BCUT2D eigenvalue weighted by Gasteiger charge is 2.30. The van der Waals surface area contributed by atoms with Crippen molar-refractivity contribution in [1.29, 1.82) is 0 Å². The number of sulfonamides is 1. The molecule has 0 bridgehead atoms. The lowest BCUT2D eigenvalue weighted by atomic mass is 10.1. The Morgan fingerprint density at radius 1 is 1.19 bits per heavy atom. The van der Waals surface area contributed by atoms with Crippen molar-refractivity contribution >= 4 is 27.5 Å². The molecular weight excluding hydrogens is 384 g/mol. The zero-order chi connectivity index (χ0) is 19.4. The van der Waals surface area contributed by atoms with E-state index < -0.39 is 10.0 Å². The van der Waals surface area contributed by atoms with E-state index in [2.05, 4.69) is 5.32 Å². The lowest BCUT2D eigenvalue weighted by Crippen LogP contribution is -2.41. The molecule has 2 aromatic rings. The number of halogens is 1. The third kappa shape index (κ3) is 4.69. The lowest BCUT2D eigenvalue weighted by molar-refractivity contribution is 0.0951. The summed E-state index contributed by atoms with van der Waals surface area (Å²) < 4.78 is 27.2. The highest BCUT2D eigenvalue weighted by Crippen LogP contribution is 2.25. The summed E-state index contributed by atoms with van der Waals surface area (Å²) in [5.41, 5.74) is 1.32. The lowest BCUT2D eigenvalue weighted by Gasteiger charge is -2.32. The van der Waals surface area contributed by atoms with E-state index >= 15 is 0 Å². The maximum atomic E-state index is 12.8. The molecular formula is C20H23ClN2O3S. The Kier molecular flexibility index (Phi) is 6.19. The Morgan fingerprint density at radius 3 is 2.59 bits per heavy atom. The summed E-state index contributed by atoms with van der Waals surface area (Å²) in [6.45, 7) is 2.84. The zero-order valence-corrected chi connectivity index (χ0v) is 16.8. The van der Waals surface area contributed by atoms with Gasteiger partial charge in [0.2, 0.25) is 10.0 Å². The summed E-state index contributed by atoms with van der Waals surface area (Å²) in [5, 5.41) is 3.43. The van der Waals surface area contributed by atoms with E-state index in [1.807, 2.05) is 19.1 Å². The van der Waals surface area contributed by atoms with Crippen LogP contribution in [0.25, 0.3) is 0 Å². The molecule has 0 aromatic heterocycles. The number of benzene rings is 2. The van der Waals surface area contributed by atoms with Crippen LogP contribution in [0.4, 0.5) is 0 Å². The summed E-state index contributed by atoms with van der Waals surface area (Å²) in [7, 11) is -3.53. The quantitative estimate of drug-likeness (QED) is 0.820. The van der Waals surface area contributed by atoms with Gasteiger partial charge < -0.3 is 5.32 Å². The molecule has 1 fully saturated rings. The Balaban J connectivity index is 1.68. The first kappa shape index (κ1) is 19.9. The molecule has 0 aliphatic carbocycles. The fourth-order valence-corrected chi connectivity index (χ4v) is 5.19. The largest absolute Gasteiger partial charge is 0.348 e. The molecule has 5 nitrogen and oxygen atoms in total. The Labute approximate surface area is 165 Å². The standard InChI is InChI=1S/C20H23ClN2O3S/c1-15-5-2-3-12-23(15)27(25,26)19-10-8-17(9-11-19)20(24)22-14-16-6-4-7-18(21)13-16/h4,6-11,13,15H,2-3,5,12,14H2,1H3,(H,22,24)/t15-/m1/s1. The third-order valence-corrected chi connectivity index (χ3v) is 7.07. The van der Waals surface area contributed by atoms with Crippen LogP contribution in [-0.2, 0) is 16.6 Å². The van der Waals surface area contributed by atoms with Crippen LogP contribution in [0.3, 0.4) is 0 Å². The number of rotatable bonds is 5. The molecule has 144 valence electrons.